The number of nitrogens with zero attached hydrogens (tertiary/aromatic N) is 2. The molecule has 0 bridgehead atoms. The van der Waals surface area contributed by atoms with Gasteiger partial charge in [0.1, 0.15) is 5.69 Å². The standard InChI is InChI=1S/C26H21ClN4O/c27-19-9-6-16(7-10-19)14-23(32)30-26-24(17-4-2-1-3-5-17)31-25-21-12-11-20(28)15-18(21)8-13-22(25)29-26/h1-7,9-12,15H,8,13-14,28H2,(H,29,30,32). The highest BCUT2D eigenvalue weighted by Crippen LogP contribution is 2.36. The van der Waals surface area contributed by atoms with Crippen LogP contribution in [0, 0.1) is 0 Å². The first-order chi connectivity index (χ1) is 15.6. The van der Waals surface area contributed by atoms with Crippen LogP contribution in [-0.4, -0.2) is 15.9 Å². The van der Waals surface area contributed by atoms with Crippen molar-refractivity contribution in [2.75, 3.05) is 11.1 Å². The van der Waals surface area contributed by atoms with Crippen molar-refractivity contribution in [2.24, 2.45) is 0 Å². The van der Waals surface area contributed by atoms with Crippen molar-refractivity contribution in [2.45, 2.75) is 19.3 Å². The Morgan fingerprint density at radius 3 is 2.50 bits per heavy atom. The summed E-state index contributed by atoms with van der Waals surface area (Å²) in [6.07, 6.45) is 1.81. The number of carbonyl (C=O) groups excluding carboxylic acids is 1. The zero-order valence-corrected chi connectivity index (χ0v) is 18.1. The monoisotopic (exact) mass is 440 g/mol. The van der Waals surface area contributed by atoms with Gasteiger partial charge in [-0.2, -0.15) is 0 Å². The Hall–Kier alpha value is -3.70. The zero-order valence-electron chi connectivity index (χ0n) is 17.3. The molecule has 6 heteroatoms. The van der Waals surface area contributed by atoms with Crippen LogP contribution in [0.25, 0.3) is 22.5 Å². The molecule has 4 aromatic rings. The van der Waals surface area contributed by atoms with Gasteiger partial charge >= 0.3 is 0 Å². The molecule has 1 heterocycles. The quantitative estimate of drug-likeness (QED) is 0.420. The molecule has 0 aliphatic heterocycles. The van der Waals surface area contributed by atoms with E-state index in [1.165, 1.54) is 5.56 Å². The molecule has 5 nitrogen and oxygen atoms in total. The van der Waals surface area contributed by atoms with Crippen molar-refractivity contribution in [3.05, 3.63) is 94.6 Å². The van der Waals surface area contributed by atoms with Crippen LogP contribution in [0.4, 0.5) is 11.5 Å². The van der Waals surface area contributed by atoms with Crippen LogP contribution in [-0.2, 0) is 24.1 Å². The average molecular weight is 441 g/mol. The molecule has 3 N–H and O–H groups in total. The minimum Gasteiger partial charge on any atom is -0.399 e. The summed E-state index contributed by atoms with van der Waals surface area (Å²) in [7, 11) is 0. The molecule has 0 radical (unpaired) electrons. The van der Waals surface area contributed by atoms with Gasteiger partial charge in [0.25, 0.3) is 0 Å². The Bertz CT molecular complexity index is 1300. The smallest absolute Gasteiger partial charge is 0.230 e. The third-order valence-electron chi connectivity index (χ3n) is 5.57. The lowest BCUT2D eigenvalue weighted by atomic mass is 9.91. The van der Waals surface area contributed by atoms with Crippen molar-refractivity contribution < 1.29 is 4.79 Å². The molecule has 0 atom stereocenters. The summed E-state index contributed by atoms with van der Waals surface area (Å²) in [4.78, 5) is 22.7. The maximum absolute atomic E-state index is 12.8. The van der Waals surface area contributed by atoms with E-state index in [4.69, 9.17) is 27.3 Å². The van der Waals surface area contributed by atoms with Crippen LogP contribution in [0.15, 0.2) is 72.8 Å². The normalized spacial score (nSPS) is 12.0. The number of rotatable bonds is 4. The van der Waals surface area contributed by atoms with Gasteiger partial charge < -0.3 is 11.1 Å². The predicted molar refractivity (Wildman–Crippen MR) is 129 cm³/mol. The highest BCUT2D eigenvalue weighted by molar-refractivity contribution is 6.30. The first-order valence-corrected chi connectivity index (χ1v) is 10.8. The van der Waals surface area contributed by atoms with E-state index >= 15 is 0 Å². The molecule has 3 aromatic carbocycles. The van der Waals surface area contributed by atoms with Crippen LogP contribution in [0.1, 0.15) is 16.8 Å². The molecule has 1 amide bonds. The largest absolute Gasteiger partial charge is 0.399 e. The molecule has 1 aliphatic rings. The topological polar surface area (TPSA) is 80.9 Å². The Balaban J connectivity index is 1.54. The molecule has 0 spiro atoms. The van der Waals surface area contributed by atoms with Crippen molar-refractivity contribution in [3.8, 4) is 22.5 Å². The summed E-state index contributed by atoms with van der Waals surface area (Å²) in [5.74, 6) is 0.329. The van der Waals surface area contributed by atoms with E-state index in [2.05, 4.69) is 5.32 Å². The van der Waals surface area contributed by atoms with Gasteiger partial charge in [0.05, 0.1) is 17.8 Å². The van der Waals surface area contributed by atoms with E-state index < -0.39 is 0 Å². The number of carbonyl (C=O) groups is 1. The van der Waals surface area contributed by atoms with E-state index in [0.717, 1.165) is 46.6 Å². The number of nitrogen functional groups attached to an aromatic ring is 1. The van der Waals surface area contributed by atoms with Crippen LogP contribution < -0.4 is 11.1 Å². The minimum absolute atomic E-state index is 0.150. The first kappa shape index (κ1) is 20.2. The number of hydrogen-bond acceptors (Lipinski definition) is 4. The summed E-state index contributed by atoms with van der Waals surface area (Å²) in [5, 5.41) is 3.63. The molecule has 0 fully saturated rings. The van der Waals surface area contributed by atoms with Crippen molar-refractivity contribution >= 4 is 29.0 Å². The number of fused-ring (bicyclic) bond motifs is 3. The van der Waals surface area contributed by atoms with Gasteiger partial charge in [-0.1, -0.05) is 60.1 Å². The van der Waals surface area contributed by atoms with Gasteiger partial charge in [0.2, 0.25) is 5.91 Å². The zero-order chi connectivity index (χ0) is 22.1. The summed E-state index contributed by atoms with van der Waals surface area (Å²) < 4.78 is 0. The third kappa shape index (κ3) is 4.07. The minimum atomic E-state index is -0.150. The molecule has 5 rings (SSSR count). The second-order valence-corrected chi connectivity index (χ2v) is 8.29. The van der Waals surface area contributed by atoms with Crippen LogP contribution in [0.2, 0.25) is 5.02 Å². The first-order valence-electron chi connectivity index (χ1n) is 10.5. The number of halogens is 1. The summed E-state index contributed by atoms with van der Waals surface area (Å²) in [6, 6.07) is 22.9. The molecular formula is C26H21ClN4O. The Morgan fingerprint density at radius 1 is 0.938 bits per heavy atom. The summed E-state index contributed by atoms with van der Waals surface area (Å²) in [6.45, 7) is 0. The number of hydrogen-bond donors (Lipinski definition) is 2. The Kier molecular flexibility index (Phi) is 5.33. The number of aryl methyl sites for hydroxylation is 2. The van der Waals surface area contributed by atoms with Gasteiger partial charge in [0, 0.05) is 21.8 Å². The number of nitrogens with two attached hydrogens (primary N) is 1. The molecule has 0 saturated heterocycles. The van der Waals surface area contributed by atoms with Crippen LogP contribution in [0.5, 0.6) is 0 Å². The van der Waals surface area contributed by atoms with E-state index in [-0.39, 0.29) is 12.3 Å². The lowest BCUT2D eigenvalue weighted by Crippen LogP contribution is -2.19. The molecule has 158 valence electrons. The molecule has 32 heavy (non-hydrogen) atoms. The highest BCUT2D eigenvalue weighted by atomic mass is 35.5. The molecule has 0 unspecified atom stereocenters. The number of amides is 1. The van der Waals surface area contributed by atoms with E-state index in [0.29, 0.717) is 16.5 Å². The predicted octanol–water partition coefficient (Wildman–Crippen LogP) is 5.33. The van der Waals surface area contributed by atoms with Crippen molar-refractivity contribution in [3.63, 3.8) is 0 Å². The molecule has 0 saturated carbocycles. The Morgan fingerprint density at radius 2 is 1.72 bits per heavy atom. The van der Waals surface area contributed by atoms with Crippen LogP contribution in [0.3, 0.4) is 0 Å². The second-order valence-electron chi connectivity index (χ2n) is 7.85. The molecule has 1 aliphatic carbocycles. The van der Waals surface area contributed by atoms with Gasteiger partial charge in [0.15, 0.2) is 5.82 Å². The fourth-order valence-electron chi connectivity index (χ4n) is 4.01. The molecular weight excluding hydrogens is 420 g/mol. The fourth-order valence-corrected chi connectivity index (χ4v) is 4.14. The van der Waals surface area contributed by atoms with Crippen molar-refractivity contribution in [1.29, 1.82) is 0 Å². The Labute approximate surface area is 191 Å². The fraction of sp³-hybridized carbons (Fsp3) is 0.115. The van der Waals surface area contributed by atoms with E-state index in [9.17, 15) is 4.79 Å². The SMILES string of the molecule is Nc1ccc2c(c1)CCc1nc(NC(=O)Cc3ccc(Cl)cc3)c(-c3ccccc3)nc1-2. The number of benzene rings is 3. The number of anilines is 2. The number of aromatic nitrogens is 2. The molecule has 1 aromatic heterocycles. The third-order valence-corrected chi connectivity index (χ3v) is 5.82. The summed E-state index contributed by atoms with van der Waals surface area (Å²) in [5.41, 5.74) is 13.1. The highest BCUT2D eigenvalue weighted by Gasteiger charge is 2.23. The van der Waals surface area contributed by atoms with E-state index in [1.807, 2.05) is 60.7 Å². The average Bonchev–Trinajstić information content (AvgIpc) is 2.80. The van der Waals surface area contributed by atoms with E-state index in [1.54, 1.807) is 12.1 Å². The van der Waals surface area contributed by atoms with Crippen molar-refractivity contribution in [1.82, 2.24) is 9.97 Å². The lowest BCUT2D eigenvalue weighted by molar-refractivity contribution is -0.115. The summed E-state index contributed by atoms with van der Waals surface area (Å²) >= 11 is 5.95. The number of nitrogens with one attached hydrogen (secondary N) is 1. The second kappa shape index (κ2) is 8.44. The van der Waals surface area contributed by atoms with Gasteiger partial charge in [-0.05, 0) is 48.2 Å². The van der Waals surface area contributed by atoms with Gasteiger partial charge in [-0.15, -0.1) is 0 Å². The van der Waals surface area contributed by atoms with Gasteiger partial charge in [-0.3, -0.25) is 4.79 Å². The lowest BCUT2D eigenvalue weighted by Gasteiger charge is -2.21. The maximum Gasteiger partial charge on any atom is 0.230 e. The van der Waals surface area contributed by atoms with Crippen LogP contribution >= 0.6 is 11.6 Å². The van der Waals surface area contributed by atoms with Gasteiger partial charge in [-0.25, -0.2) is 9.97 Å². The maximum atomic E-state index is 12.8.